The van der Waals surface area contributed by atoms with Crippen molar-refractivity contribution in [3.63, 3.8) is 0 Å². The molecule has 10 heteroatoms. The lowest BCUT2D eigenvalue weighted by molar-refractivity contribution is -0.131. The fourth-order valence-electron chi connectivity index (χ4n) is 3.51. The lowest BCUT2D eigenvalue weighted by Gasteiger charge is -2.21. The molecule has 0 aromatic carbocycles. The summed E-state index contributed by atoms with van der Waals surface area (Å²) >= 11 is 0. The highest BCUT2D eigenvalue weighted by Crippen LogP contribution is 2.27. The second-order valence-electron chi connectivity index (χ2n) is 6.47. The van der Waals surface area contributed by atoms with E-state index in [1.807, 2.05) is 4.90 Å². The molecule has 2 saturated heterocycles. The van der Waals surface area contributed by atoms with Gasteiger partial charge in [0.05, 0.1) is 0 Å². The third kappa shape index (κ3) is 5.79. The number of aromatic nitrogens is 1. The molecule has 148 valence electrons. The SMILES string of the molecule is Cl.Cl.O=C(CCNS(=O)(=O)c1cccnc1)N1CC[C@@H]2CNC[C@@H]2CC1. The summed E-state index contributed by atoms with van der Waals surface area (Å²) in [4.78, 5) is 18.2. The van der Waals surface area contributed by atoms with Gasteiger partial charge in [0.1, 0.15) is 4.90 Å². The van der Waals surface area contributed by atoms with Gasteiger partial charge in [-0.2, -0.15) is 0 Å². The number of halogens is 2. The number of fused-ring (bicyclic) bond motifs is 1. The van der Waals surface area contributed by atoms with Crippen LogP contribution in [0, 0.1) is 11.8 Å². The minimum Gasteiger partial charge on any atom is -0.343 e. The molecule has 0 spiro atoms. The highest BCUT2D eigenvalue weighted by Gasteiger charge is 2.31. The Morgan fingerprint density at radius 3 is 2.46 bits per heavy atom. The van der Waals surface area contributed by atoms with Crippen LogP contribution in [0.4, 0.5) is 0 Å². The van der Waals surface area contributed by atoms with Gasteiger partial charge in [0.25, 0.3) is 0 Å². The molecule has 3 rings (SSSR count). The molecule has 3 heterocycles. The van der Waals surface area contributed by atoms with Crippen LogP contribution in [0.25, 0.3) is 0 Å². The molecule has 0 radical (unpaired) electrons. The summed E-state index contributed by atoms with van der Waals surface area (Å²) in [5.74, 6) is 1.37. The van der Waals surface area contributed by atoms with Gasteiger partial charge in [0.15, 0.2) is 0 Å². The summed E-state index contributed by atoms with van der Waals surface area (Å²) in [6.45, 7) is 3.77. The maximum Gasteiger partial charge on any atom is 0.242 e. The smallest absolute Gasteiger partial charge is 0.242 e. The minimum absolute atomic E-state index is 0. The molecule has 1 amide bonds. The summed E-state index contributed by atoms with van der Waals surface area (Å²) in [6, 6.07) is 3.06. The minimum atomic E-state index is -3.60. The molecule has 1 aromatic rings. The summed E-state index contributed by atoms with van der Waals surface area (Å²) in [5.41, 5.74) is 0. The van der Waals surface area contributed by atoms with Crippen LogP contribution in [0.1, 0.15) is 19.3 Å². The molecule has 2 fully saturated rings. The number of hydrogen-bond donors (Lipinski definition) is 2. The van der Waals surface area contributed by atoms with Gasteiger partial charge in [-0.25, -0.2) is 13.1 Å². The Morgan fingerprint density at radius 2 is 1.88 bits per heavy atom. The fraction of sp³-hybridized carbons (Fsp3) is 0.625. The number of nitrogens with one attached hydrogen (secondary N) is 2. The number of sulfonamides is 1. The monoisotopic (exact) mass is 424 g/mol. The topological polar surface area (TPSA) is 91.4 Å². The summed E-state index contributed by atoms with van der Waals surface area (Å²) < 4.78 is 26.7. The fourth-order valence-corrected chi connectivity index (χ4v) is 4.50. The van der Waals surface area contributed by atoms with Crippen molar-refractivity contribution in [1.82, 2.24) is 19.9 Å². The van der Waals surface area contributed by atoms with Gasteiger partial charge in [-0.3, -0.25) is 9.78 Å². The van der Waals surface area contributed by atoms with Crippen LogP contribution < -0.4 is 10.0 Å². The van der Waals surface area contributed by atoms with Crippen LogP contribution >= 0.6 is 24.8 Å². The van der Waals surface area contributed by atoms with E-state index in [1.165, 1.54) is 18.5 Å². The first-order valence-electron chi connectivity index (χ1n) is 8.44. The molecule has 2 aliphatic rings. The lowest BCUT2D eigenvalue weighted by atomic mass is 9.92. The van der Waals surface area contributed by atoms with Crippen molar-refractivity contribution in [2.24, 2.45) is 11.8 Å². The number of likely N-dealkylation sites (tertiary alicyclic amines) is 1. The van der Waals surface area contributed by atoms with E-state index < -0.39 is 10.0 Å². The molecule has 7 nitrogen and oxygen atoms in total. The first-order valence-corrected chi connectivity index (χ1v) is 9.93. The Balaban J connectivity index is 0.00000169. The Kier molecular flexibility index (Phi) is 9.26. The van der Waals surface area contributed by atoms with E-state index in [0.29, 0.717) is 11.8 Å². The predicted octanol–water partition coefficient (Wildman–Crippen LogP) is 1.05. The molecule has 26 heavy (non-hydrogen) atoms. The zero-order valence-corrected chi connectivity index (χ0v) is 16.9. The first-order chi connectivity index (χ1) is 11.6. The van der Waals surface area contributed by atoms with Gasteiger partial charge >= 0.3 is 0 Å². The second kappa shape index (κ2) is 10.4. The predicted molar refractivity (Wildman–Crippen MR) is 104 cm³/mol. The van der Waals surface area contributed by atoms with Crippen molar-refractivity contribution in [1.29, 1.82) is 0 Å². The summed E-state index contributed by atoms with van der Waals surface area (Å²) in [6.07, 6.45) is 5.07. The van der Waals surface area contributed by atoms with Crippen molar-refractivity contribution >= 4 is 40.7 Å². The first kappa shape index (κ1) is 23.1. The number of carbonyl (C=O) groups is 1. The van der Waals surface area contributed by atoms with Crippen molar-refractivity contribution in [3.8, 4) is 0 Å². The number of hydrogen-bond acceptors (Lipinski definition) is 5. The molecule has 2 aliphatic heterocycles. The number of amides is 1. The van der Waals surface area contributed by atoms with Gasteiger partial charge in [0.2, 0.25) is 15.9 Å². The highest BCUT2D eigenvalue weighted by atomic mass is 35.5. The zero-order chi connectivity index (χ0) is 17.0. The summed E-state index contributed by atoms with van der Waals surface area (Å²) in [5, 5.41) is 3.42. The quantitative estimate of drug-likeness (QED) is 0.736. The summed E-state index contributed by atoms with van der Waals surface area (Å²) in [7, 11) is -3.60. The number of rotatable bonds is 5. The van der Waals surface area contributed by atoms with Crippen molar-refractivity contribution in [2.45, 2.75) is 24.2 Å². The normalized spacial score (nSPS) is 22.5. The van der Waals surface area contributed by atoms with E-state index in [9.17, 15) is 13.2 Å². The second-order valence-corrected chi connectivity index (χ2v) is 8.24. The van der Waals surface area contributed by atoms with E-state index >= 15 is 0 Å². The van der Waals surface area contributed by atoms with Crippen molar-refractivity contribution < 1.29 is 13.2 Å². The third-order valence-electron chi connectivity index (χ3n) is 4.95. The average molecular weight is 425 g/mol. The molecule has 0 bridgehead atoms. The highest BCUT2D eigenvalue weighted by molar-refractivity contribution is 7.89. The Hall–Kier alpha value is -0.930. The van der Waals surface area contributed by atoms with E-state index in [4.69, 9.17) is 0 Å². The number of carbonyl (C=O) groups excluding carboxylic acids is 1. The van der Waals surface area contributed by atoms with E-state index in [2.05, 4.69) is 15.0 Å². The van der Waals surface area contributed by atoms with Crippen LogP contribution in [-0.2, 0) is 14.8 Å². The Bertz CT molecular complexity index is 661. The number of nitrogens with zero attached hydrogens (tertiary/aromatic N) is 2. The molecule has 2 N–H and O–H groups in total. The molecular weight excluding hydrogens is 399 g/mol. The average Bonchev–Trinajstić information content (AvgIpc) is 2.94. The van der Waals surface area contributed by atoms with Gasteiger partial charge in [-0.05, 0) is 49.9 Å². The number of pyridine rings is 1. The molecule has 0 aliphatic carbocycles. The van der Waals surface area contributed by atoms with Gasteiger partial charge in [0, 0.05) is 38.4 Å². The van der Waals surface area contributed by atoms with Gasteiger partial charge < -0.3 is 10.2 Å². The maximum absolute atomic E-state index is 12.4. The van der Waals surface area contributed by atoms with Gasteiger partial charge in [-0.15, -0.1) is 24.8 Å². The Morgan fingerprint density at radius 1 is 1.23 bits per heavy atom. The lowest BCUT2D eigenvalue weighted by Crippen LogP contribution is -2.35. The van der Waals surface area contributed by atoms with Crippen LogP contribution in [0.15, 0.2) is 29.4 Å². The standard InChI is InChI=1S/C16H24N4O3S.2ClH/c21-16(20-8-4-13-10-18-11-14(13)5-9-20)3-7-19-24(22,23)15-2-1-6-17-12-15;;/h1-2,6,12-14,18-19H,3-5,7-11H2;2*1H/t13-,14+;;. The van der Waals surface area contributed by atoms with Gasteiger partial charge in [-0.1, -0.05) is 0 Å². The van der Waals surface area contributed by atoms with E-state index in [1.54, 1.807) is 6.07 Å². The van der Waals surface area contributed by atoms with Crippen molar-refractivity contribution in [3.05, 3.63) is 24.5 Å². The van der Waals surface area contributed by atoms with E-state index in [-0.39, 0.29) is 48.6 Å². The maximum atomic E-state index is 12.4. The van der Waals surface area contributed by atoms with Crippen LogP contribution in [0.2, 0.25) is 0 Å². The third-order valence-corrected chi connectivity index (χ3v) is 6.39. The molecule has 0 saturated carbocycles. The zero-order valence-electron chi connectivity index (χ0n) is 14.5. The molecule has 0 unspecified atom stereocenters. The molecule has 2 atom stereocenters. The van der Waals surface area contributed by atoms with E-state index in [0.717, 1.165) is 39.0 Å². The molecular formula is C16H26Cl2N4O3S. The van der Waals surface area contributed by atoms with Crippen LogP contribution in [0.5, 0.6) is 0 Å². The van der Waals surface area contributed by atoms with Crippen molar-refractivity contribution in [2.75, 3.05) is 32.7 Å². The largest absolute Gasteiger partial charge is 0.343 e. The van der Waals surface area contributed by atoms with Crippen LogP contribution in [0.3, 0.4) is 0 Å². The Labute approximate surface area is 167 Å². The molecule has 1 aromatic heterocycles. The van der Waals surface area contributed by atoms with Crippen LogP contribution in [-0.4, -0.2) is 56.9 Å².